The van der Waals surface area contributed by atoms with Crippen molar-refractivity contribution < 1.29 is 19.1 Å². The molecule has 20 heavy (non-hydrogen) atoms. The molecule has 0 bridgehead atoms. The number of aryl methyl sites for hydroxylation is 1. The third kappa shape index (κ3) is 3.33. The van der Waals surface area contributed by atoms with Crippen molar-refractivity contribution in [2.45, 2.75) is 19.4 Å². The van der Waals surface area contributed by atoms with Crippen LogP contribution < -0.4 is 0 Å². The van der Waals surface area contributed by atoms with Crippen LogP contribution in [0.1, 0.15) is 17.5 Å². The normalized spacial score (nSPS) is 23.0. The summed E-state index contributed by atoms with van der Waals surface area (Å²) in [6, 6.07) is 7.96. The third-order valence-electron chi connectivity index (χ3n) is 3.34. The van der Waals surface area contributed by atoms with Crippen molar-refractivity contribution in [2.24, 2.45) is 5.92 Å². The van der Waals surface area contributed by atoms with E-state index in [1.165, 1.54) is 12.7 Å². The highest BCUT2D eigenvalue weighted by Crippen LogP contribution is 2.21. The molecule has 1 aromatic rings. The van der Waals surface area contributed by atoms with Crippen LogP contribution in [0.5, 0.6) is 0 Å². The lowest BCUT2D eigenvalue weighted by atomic mass is 9.92. The maximum absolute atomic E-state index is 11.8. The quantitative estimate of drug-likeness (QED) is 0.626. The van der Waals surface area contributed by atoms with Crippen LogP contribution in [-0.2, 0) is 19.1 Å². The standard InChI is InChI=1S/C16H18O4/c1-11-3-5-12(6-4-11)7-8-14-15(16(18)19-2)13(17)9-10-20-14/h3-8,14-15H,9-10H2,1-2H3/b8-7+/t14-,15+/m1/s1. The Bertz CT molecular complexity index is 508. The lowest BCUT2D eigenvalue weighted by Crippen LogP contribution is -2.41. The maximum atomic E-state index is 11.8. The van der Waals surface area contributed by atoms with Crippen LogP contribution in [0.2, 0.25) is 0 Å². The molecule has 1 aliphatic rings. The number of carbonyl (C=O) groups excluding carboxylic acids is 2. The van der Waals surface area contributed by atoms with Gasteiger partial charge in [-0.15, -0.1) is 0 Å². The van der Waals surface area contributed by atoms with Crippen LogP contribution in [-0.4, -0.2) is 31.6 Å². The number of methoxy groups -OCH3 is 1. The maximum Gasteiger partial charge on any atom is 0.319 e. The fourth-order valence-corrected chi connectivity index (χ4v) is 2.17. The Morgan fingerprint density at radius 2 is 2.05 bits per heavy atom. The predicted molar refractivity (Wildman–Crippen MR) is 75.1 cm³/mol. The molecule has 0 amide bonds. The Kier molecular flexibility index (Phi) is 4.69. The van der Waals surface area contributed by atoms with Crippen molar-refractivity contribution in [3.05, 3.63) is 41.5 Å². The first-order chi connectivity index (χ1) is 9.61. The highest BCUT2D eigenvalue weighted by molar-refractivity contribution is 6.00. The summed E-state index contributed by atoms with van der Waals surface area (Å²) in [5.74, 6) is -1.51. The van der Waals surface area contributed by atoms with Crippen molar-refractivity contribution in [1.29, 1.82) is 0 Å². The lowest BCUT2D eigenvalue weighted by molar-refractivity contribution is -0.158. The first kappa shape index (κ1) is 14.5. The Morgan fingerprint density at radius 3 is 2.70 bits per heavy atom. The summed E-state index contributed by atoms with van der Waals surface area (Å²) in [6.07, 6.45) is 3.32. The number of esters is 1. The van der Waals surface area contributed by atoms with E-state index in [-0.39, 0.29) is 12.2 Å². The van der Waals surface area contributed by atoms with E-state index in [0.717, 1.165) is 5.56 Å². The summed E-state index contributed by atoms with van der Waals surface area (Å²) in [7, 11) is 1.28. The van der Waals surface area contributed by atoms with Gasteiger partial charge >= 0.3 is 5.97 Å². The third-order valence-corrected chi connectivity index (χ3v) is 3.34. The summed E-state index contributed by atoms with van der Waals surface area (Å²) in [5.41, 5.74) is 2.18. The highest BCUT2D eigenvalue weighted by atomic mass is 16.5. The zero-order valence-corrected chi connectivity index (χ0v) is 11.7. The zero-order valence-electron chi connectivity index (χ0n) is 11.7. The van der Waals surface area contributed by atoms with E-state index in [1.54, 1.807) is 6.08 Å². The summed E-state index contributed by atoms with van der Waals surface area (Å²) in [6.45, 7) is 2.36. The predicted octanol–water partition coefficient (Wildman–Crippen LogP) is 2.16. The Labute approximate surface area is 118 Å². The molecule has 1 aromatic carbocycles. The van der Waals surface area contributed by atoms with Crippen molar-refractivity contribution in [2.75, 3.05) is 13.7 Å². The molecule has 0 radical (unpaired) electrons. The second kappa shape index (κ2) is 6.48. The minimum absolute atomic E-state index is 0.123. The largest absolute Gasteiger partial charge is 0.468 e. The van der Waals surface area contributed by atoms with Gasteiger partial charge in [-0.05, 0) is 12.5 Å². The van der Waals surface area contributed by atoms with Gasteiger partial charge in [0.1, 0.15) is 5.92 Å². The Balaban J connectivity index is 2.14. The summed E-state index contributed by atoms with van der Waals surface area (Å²) in [5, 5.41) is 0. The molecule has 106 valence electrons. The van der Waals surface area contributed by atoms with E-state index in [9.17, 15) is 9.59 Å². The Morgan fingerprint density at radius 1 is 1.35 bits per heavy atom. The Hall–Kier alpha value is -1.94. The number of rotatable bonds is 3. The number of ketones is 1. The molecule has 1 heterocycles. The van der Waals surface area contributed by atoms with E-state index in [1.807, 2.05) is 37.3 Å². The number of ether oxygens (including phenoxy) is 2. The molecule has 1 saturated heterocycles. The smallest absolute Gasteiger partial charge is 0.319 e. The van der Waals surface area contributed by atoms with Gasteiger partial charge in [0.25, 0.3) is 0 Å². The van der Waals surface area contributed by atoms with Crippen molar-refractivity contribution in [3.63, 3.8) is 0 Å². The number of hydrogen-bond donors (Lipinski definition) is 0. The van der Waals surface area contributed by atoms with E-state index >= 15 is 0 Å². The summed E-state index contributed by atoms with van der Waals surface area (Å²) >= 11 is 0. The van der Waals surface area contributed by atoms with E-state index < -0.39 is 18.0 Å². The van der Waals surface area contributed by atoms with Gasteiger partial charge in [-0.1, -0.05) is 42.0 Å². The van der Waals surface area contributed by atoms with Gasteiger partial charge in [-0.2, -0.15) is 0 Å². The number of hydrogen-bond acceptors (Lipinski definition) is 4. The van der Waals surface area contributed by atoms with Crippen molar-refractivity contribution in [3.8, 4) is 0 Å². The molecule has 0 N–H and O–H groups in total. The second-order valence-corrected chi connectivity index (χ2v) is 4.82. The summed E-state index contributed by atoms with van der Waals surface area (Å²) in [4.78, 5) is 23.5. The van der Waals surface area contributed by atoms with Crippen LogP contribution in [0.4, 0.5) is 0 Å². The van der Waals surface area contributed by atoms with Crippen LogP contribution in [0.3, 0.4) is 0 Å². The minimum atomic E-state index is -0.851. The molecule has 0 aliphatic carbocycles. The first-order valence-electron chi connectivity index (χ1n) is 6.59. The molecule has 0 unspecified atom stereocenters. The lowest BCUT2D eigenvalue weighted by Gasteiger charge is -2.26. The fourth-order valence-electron chi connectivity index (χ4n) is 2.17. The topological polar surface area (TPSA) is 52.6 Å². The molecule has 2 rings (SSSR count). The van der Waals surface area contributed by atoms with Gasteiger partial charge < -0.3 is 9.47 Å². The van der Waals surface area contributed by atoms with Crippen molar-refractivity contribution in [1.82, 2.24) is 0 Å². The number of benzene rings is 1. The van der Waals surface area contributed by atoms with Crippen LogP contribution in [0, 0.1) is 12.8 Å². The van der Waals surface area contributed by atoms with E-state index in [4.69, 9.17) is 4.74 Å². The van der Waals surface area contributed by atoms with Gasteiger partial charge in [0, 0.05) is 6.42 Å². The van der Waals surface area contributed by atoms with Crippen LogP contribution in [0.15, 0.2) is 30.3 Å². The van der Waals surface area contributed by atoms with Gasteiger partial charge in [-0.3, -0.25) is 9.59 Å². The summed E-state index contributed by atoms with van der Waals surface area (Å²) < 4.78 is 10.2. The molecule has 0 spiro atoms. The first-order valence-corrected chi connectivity index (χ1v) is 6.59. The van der Waals surface area contributed by atoms with Crippen molar-refractivity contribution >= 4 is 17.8 Å². The number of carbonyl (C=O) groups is 2. The molecule has 0 aromatic heterocycles. The molecule has 2 atom stereocenters. The van der Waals surface area contributed by atoms with Crippen LogP contribution >= 0.6 is 0 Å². The van der Waals surface area contributed by atoms with Gasteiger partial charge in [0.05, 0.1) is 19.8 Å². The van der Waals surface area contributed by atoms with E-state index in [2.05, 4.69) is 4.74 Å². The minimum Gasteiger partial charge on any atom is -0.468 e. The molecule has 4 heteroatoms. The molecule has 0 saturated carbocycles. The second-order valence-electron chi connectivity index (χ2n) is 4.82. The van der Waals surface area contributed by atoms with E-state index in [0.29, 0.717) is 6.61 Å². The van der Waals surface area contributed by atoms with Gasteiger partial charge in [-0.25, -0.2) is 0 Å². The van der Waals surface area contributed by atoms with Gasteiger partial charge in [0.2, 0.25) is 0 Å². The average Bonchev–Trinajstić information content (AvgIpc) is 2.46. The van der Waals surface area contributed by atoms with Crippen LogP contribution in [0.25, 0.3) is 6.08 Å². The zero-order chi connectivity index (χ0) is 14.5. The SMILES string of the molecule is COC(=O)[C@H]1C(=O)CCO[C@@H]1/C=C/c1ccc(C)cc1. The molecular weight excluding hydrogens is 256 g/mol. The monoisotopic (exact) mass is 274 g/mol. The molecule has 1 aliphatic heterocycles. The average molecular weight is 274 g/mol. The fraction of sp³-hybridized carbons (Fsp3) is 0.375. The molecular formula is C16H18O4. The van der Waals surface area contributed by atoms with Gasteiger partial charge in [0.15, 0.2) is 5.78 Å². The highest BCUT2D eigenvalue weighted by Gasteiger charge is 2.37. The molecule has 4 nitrogen and oxygen atoms in total. The molecule has 1 fully saturated rings. The number of Topliss-reactive ketones (excluding diaryl/α,β-unsaturated/α-hetero) is 1.